The van der Waals surface area contributed by atoms with Gasteiger partial charge in [0.2, 0.25) is 5.91 Å². The quantitative estimate of drug-likeness (QED) is 0.607. The van der Waals surface area contributed by atoms with E-state index < -0.39 is 35.8 Å². The minimum atomic E-state index is -0.747. The first-order valence-corrected chi connectivity index (χ1v) is 6.82. The van der Waals surface area contributed by atoms with Gasteiger partial charge in [-0.3, -0.25) is 23.5 Å². The average Bonchev–Trinajstić information content (AvgIpc) is 2.94. The van der Waals surface area contributed by atoms with Gasteiger partial charge in [0.15, 0.2) is 6.61 Å². The number of carbonyl (C=O) groups is 3. The van der Waals surface area contributed by atoms with Crippen molar-refractivity contribution in [1.29, 1.82) is 0 Å². The van der Waals surface area contributed by atoms with Gasteiger partial charge in [0, 0.05) is 26.6 Å². The third-order valence-corrected chi connectivity index (χ3v) is 3.42. The van der Waals surface area contributed by atoms with Crippen molar-refractivity contribution < 1.29 is 19.1 Å². The lowest BCUT2D eigenvalue weighted by molar-refractivity contribution is -0.149. The summed E-state index contributed by atoms with van der Waals surface area (Å²) in [7, 11) is 2.70. The van der Waals surface area contributed by atoms with E-state index in [-0.39, 0.29) is 18.1 Å². The van der Waals surface area contributed by atoms with Gasteiger partial charge in [0.05, 0.1) is 0 Å². The Labute approximate surface area is 130 Å². The molecule has 0 aromatic carbocycles. The van der Waals surface area contributed by atoms with Crippen LogP contribution in [0.1, 0.15) is 12.8 Å². The van der Waals surface area contributed by atoms with Crippen molar-refractivity contribution in [3.8, 4) is 0 Å². The van der Waals surface area contributed by atoms with E-state index in [4.69, 9.17) is 4.74 Å². The van der Waals surface area contributed by atoms with Crippen LogP contribution in [0, 0.1) is 0 Å². The maximum absolute atomic E-state index is 11.8. The first-order valence-electron chi connectivity index (χ1n) is 6.82. The van der Waals surface area contributed by atoms with Crippen LogP contribution in [0.4, 0.5) is 5.82 Å². The maximum Gasteiger partial charge on any atom is 0.332 e. The summed E-state index contributed by atoms with van der Waals surface area (Å²) in [6.45, 7) is -0.589. The average molecular weight is 324 g/mol. The largest absolute Gasteiger partial charge is 0.454 e. The summed E-state index contributed by atoms with van der Waals surface area (Å²) in [5.41, 5.74) is -1.17. The van der Waals surface area contributed by atoms with Crippen molar-refractivity contribution in [3.05, 3.63) is 26.9 Å². The number of esters is 1. The summed E-state index contributed by atoms with van der Waals surface area (Å²) >= 11 is 0. The van der Waals surface area contributed by atoms with Crippen LogP contribution in [0.5, 0.6) is 0 Å². The zero-order valence-corrected chi connectivity index (χ0v) is 12.6. The molecule has 2 rings (SSSR count). The van der Waals surface area contributed by atoms with Crippen LogP contribution >= 0.6 is 0 Å². The van der Waals surface area contributed by atoms with Gasteiger partial charge in [-0.25, -0.2) is 9.59 Å². The molecule has 0 bridgehead atoms. The standard InChI is InChI=1S/C13H16N4O6/c1-16-8(5-11(20)17(2)13(16)22)15-10(19)6-23-12(21)7-3-4-9(18)14-7/h5,7H,3-4,6H2,1-2H3,(H,14,18)(H,15,19). The Bertz CT molecular complexity index is 778. The highest BCUT2D eigenvalue weighted by atomic mass is 16.5. The third-order valence-electron chi connectivity index (χ3n) is 3.42. The number of aromatic nitrogens is 2. The Morgan fingerprint density at radius 2 is 2.00 bits per heavy atom. The van der Waals surface area contributed by atoms with Crippen LogP contribution in [-0.4, -0.2) is 39.6 Å². The molecule has 2 heterocycles. The highest BCUT2D eigenvalue weighted by Gasteiger charge is 2.28. The molecule has 1 unspecified atom stereocenters. The van der Waals surface area contributed by atoms with Crippen molar-refractivity contribution >= 4 is 23.6 Å². The van der Waals surface area contributed by atoms with E-state index >= 15 is 0 Å². The van der Waals surface area contributed by atoms with E-state index in [0.717, 1.165) is 15.2 Å². The molecule has 1 atom stereocenters. The van der Waals surface area contributed by atoms with Crippen LogP contribution < -0.4 is 21.9 Å². The van der Waals surface area contributed by atoms with Crippen molar-refractivity contribution in [1.82, 2.24) is 14.5 Å². The van der Waals surface area contributed by atoms with E-state index in [1.165, 1.54) is 14.1 Å². The molecule has 23 heavy (non-hydrogen) atoms. The molecule has 1 aromatic heterocycles. The van der Waals surface area contributed by atoms with Gasteiger partial charge in [-0.05, 0) is 6.42 Å². The second-order valence-electron chi connectivity index (χ2n) is 5.08. The fraction of sp³-hybridized carbons (Fsp3) is 0.462. The number of nitrogens with zero attached hydrogens (tertiary/aromatic N) is 2. The summed E-state index contributed by atoms with van der Waals surface area (Å²) in [4.78, 5) is 57.7. The second-order valence-corrected chi connectivity index (χ2v) is 5.08. The molecule has 1 saturated heterocycles. The van der Waals surface area contributed by atoms with Crippen molar-refractivity contribution in [3.63, 3.8) is 0 Å². The summed E-state index contributed by atoms with van der Waals surface area (Å²) in [6, 6.07) is 0.335. The molecule has 0 spiro atoms. The molecule has 10 nitrogen and oxygen atoms in total. The second kappa shape index (κ2) is 6.46. The van der Waals surface area contributed by atoms with Gasteiger partial charge in [0.1, 0.15) is 11.9 Å². The third kappa shape index (κ3) is 3.65. The van der Waals surface area contributed by atoms with Gasteiger partial charge in [-0.15, -0.1) is 0 Å². The van der Waals surface area contributed by atoms with E-state index in [9.17, 15) is 24.0 Å². The lowest BCUT2D eigenvalue weighted by atomic mass is 10.2. The summed E-state index contributed by atoms with van der Waals surface area (Å²) in [5, 5.41) is 4.74. The minimum absolute atomic E-state index is 0.00619. The van der Waals surface area contributed by atoms with E-state index in [1.54, 1.807) is 0 Å². The smallest absolute Gasteiger partial charge is 0.332 e. The highest BCUT2D eigenvalue weighted by molar-refractivity contribution is 5.93. The molecular weight excluding hydrogens is 308 g/mol. The molecule has 1 fully saturated rings. The Morgan fingerprint density at radius 3 is 2.61 bits per heavy atom. The number of hydrogen-bond donors (Lipinski definition) is 2. The molecule has 0 saturated carbocycles. The predicted molar refractivity (Wildman–Crippen MR) is 77.7 cm³/mol. The molecule has 10 heteroatoms. The fourth-order valence-electron chi connectivity index (χ4n) is 2.06. The zero-order chi connectivity index (χ0) is 17.1. The summed E-state index contributed by atoms with van der Waals surface area (Å²) in [5.74, 6) is -1.66. The normalized spacial score (nSPS) is 16.8. The Hall–Kier alpha value is -2.91. The molecule has 1 aliphatic heterocycles. The maximum atomic E-state index is 11.8. The van der Waals surface area contributed by atoms with Crippen molar-refractivity contribution in [2.24, 2.45) is 14.1 Å². The van der Waals surface area contributed by atoms with Gasteiger partial charge in [-0.1, -0.05) is 0 Å². The molecule has 0 aliphatic carbocycles. The minimum Gasteiger partial charge on any atom is -0.454 e. The predicted octanol–water partition coefficient (Wildman–Crippen LogP) is -2.16. The van der Waals surface area contributed by atoms with E-state index in [0.29, 0.717) is 6.42 Å². The van der Waals surface area contributed by atoms with Gasteiger partial charge < -0.3 is 15.4 Å². The van der Waals surface area contributed by atoms with Crippen molar-refractivity contribution in [2.75, 3.05) is 11.9 Å². The molecule has 0 radical (unpaired) electrons. The van der Waals surface area contributed by atoms with Gasteiger partial charge in [0.25, 0.3) is 11.5 Å². The number of ether oxygens (including phenoxy) is 1. The fourth-order valence-corrected chi connectivity index (χ4v) is 2.06. The topological polar surface area (TPSA) is 128 Å². The number of rotatable bonds is 4. The van der Waals surface area contributed by atoms with Gasteiger partial charge in [-0.2, -0.15) is 0 Å². The Morgan fingerprint density at radius 1 is 1.30 bits per heavy atom. The molecule has 124 valence electrons. The molecular formula is C13H16N4O6. The number of anilines is 1. The lowest BCUT2D eigenvalue weighted by Gasteiger charge is -2.12. The first kappa shape index (κ1) is 16.5. The number of carbonyl (C=O) groups excluding carboxylic acids is 3. The van der Waals surface area contributed by atoms with E-state index in [2.05, 4.69) is 10.6 Å². The highest BCUT2D eigenvalue weighted by Crippen LogP contribution is 2.08. The van der Waals surface area contributed by atoms with E-state index in [1.807, 2.05) is 0 Å². The molecule has 1 aliphatic rings. The Balaban J connectivity index is 1.95. The molecule has 2 N–H and O–H groups in total. The van der Waals surface area contributed by atoms with Gasteiger partial charge >= 0.3 is 11.7 Å². The summed E-state index contributed by atoms with van der Waals surface area (Å²) < 4.78 is 6.76. The van der Waals surface area contributed by atoms with Crippen LogP contribution in [0.2, 0.25) is 0 Å². The van der Waals surface area contributed by atoms with Crippen LogP contribution in [0.3, 0.4) is 0 Å². The Kier molecular flexibility index (Phi) is 4.63. The lowest BCUT2D eigenvalue weighted by Crippen LogP contribution is -2.39. The van der Waals surface area contributed by atoms with Crippen LogP contribution in [-0.2, 0) is 33.2 Å². The summed E-state index contributed by atoms with van der Waals surface area (Å²) in [6.07, 6.45) is 0.559. The SMILES string of the molecule is Cn1c(NC(=O)COC(=O)C2CCC(=O)N2)cc(=O)n(C)c1=O. The van der Waals surface area contributed by atoms with Crippen LogP contribution in [0.15, 0.2) is 15.7 Å². The van der Waals surface area contributed by atoms with Crippen molar-refractivity contribution in [2.45, 2.75) is 18.9 Å². The zero-order valence-electron chi connectivity index (χ0n) is 12.6. The number of amides is 2. The number of hydrogen-bond acceptors (Lipinski definition) is 6. The first-order chi connectivity index (χ1) is 10.8. The molecule has 2 amide bonds. The van der Waals surface area contributed by atoms with Crippen LogP contribution in [0.25, 0.3) is 0 Å². The monoisotopic (exact) mass is 324 g/mol. The molecule has 1 aromatic rings. The number of nitrogens with one attached hydrogen (secondary N) is 2.